The van der Waals surface area contributed by atoms with Crippen LogP contribution in [0.15, 0.2) is 48.5 Å². The summed E-state index contributed by atoms with van der Waals surface area (Å²) in [5.41, 5.74) is 0.559. The van der Waals surface area contributed by atoms with Crippen molar-refractivity contribution < 1.29 is 35.9 Å². The van der Waals surface area contributed by atoms with Gasteiger partial charge in [0.1, 0.15) is 13.2 Å². The molecule has 0 radical (unpaired) electrons. The van der Waals surface area contributed by atoms with Gasteiger partial charge in [-0.25, -0.2) is 12.7 Å². The van der Waals surface area contributed by atoms with Crippen LogP contribution in [0.5, 0.6) is 11.5 Å². The molecule has 10 heteroatoms. The number of ether oxygens (including phenoxy) is 2. The third-order valence-corrected chi connectivity index (χ3v) is 5.89. The summed E-state index contributed by atoms with van der Waals surface area (Å²) < 4.78 is 74.1. The van der Waals surface area contributed by atoms with Crippen molar-refractivity contribution in [1.82, 2.24) is 4.31 Å². The maximum Gasteiger partial charge on any atom is 0.407 e. The lowest BCUT2D eigenvalue weighted by Crippen LogP contribution is -2.44. The van der Waals surface area contributed by atoms with E-state index in [1.165, 1.54) is 32.2 Å². The number of methoxy groups -OCH3 is 1. The van der Waals surface area contributed by atoms with Crippen LogP contribution >= 0.6 is 0 Å². The minimum absolute atomic E-state index is 0.0675. The van der Waals surface area contributed by atoms with Crippen LogP contribution in [0, 0.1) is 0 Å². The Labute approximate surface area is 173 Å². The summed E-state index contributed by atoms with van der Waals surface area (Å²) in [5.74, 6) is -1.51. The fraction of sp³-hybridized carbons (Fsp3) is 0.350. The zero-order valence-electron chi connectivity index (χ0n) is 16.5. The van der Waals surface area contributed by atoms with E-state index in [4.69, 9.17) is 9.47 Å². The number of carbonyl (C=O) groups is 1. The predicted octanol–water partition coefficient (Wildman–Crippen LogP) is 4.02. The number of hydrogen-bond donors (Lipinski definition) is 0. The molecule has 0 aliphatic rings. The third-order valence-electron chi connectivity index (χ3n) is 4.00. The van der Waals surface area contributed by atoms with Gasteiger partial charge in [0.05, 0.1) is 12.9 Å². The molecule has 0 bridgehead atoms. The SMILES string of the molecule is CCCS(=O)(=O)N(CC(F)(F)F)C(=O)c1ccc(OC)c(OCc2ccccc2)c1. The van der Waals surface area contributed by atoms with Crippen molar-refractivity contribution in [2.75, 3.05) is 19.4 Å². The number of rotatable bonds is 9. The van der Waals surface area contributed by atoms with Crippen molar-refractivity contribution in [3.05, 3.63) is 59.7 Å². The Kier molecular flexibility index (Phi) is 7.71. The van der Waals surface area contributed by atoms with Gasteiger partial charge in [-0.05, 0) is 30.2 Å². The van der Waals surface area contributed by atoms with Crippen molar-refractivity contribution in [2.45, 2.75) is 26.1 Å². The van der Waals surface area contributed by atoms with Crippen LogP contribution < -0.4 is 9.47 Å². The van der Waals surface area contributed by atoms with E-state index in [0.717, 1.165) is 5.56 Å². The van der Waals surface area contributed by atoms with Gasteiger partial charge in [0.2, 0.25) is 10.0 Å². The lowest BCUT2D eigenvalue weighted by Gasteiger charge is -2.24. The van der Waals surface area contributed by atoms with Crippen molar-refractivity contribution in [3.8, 4) is 11.5 Å². The normalized spacial score (nSPS) is 11.8. The molecule has 0 fully saturated rings. The maximum atomic E-state index is 13.0. The topological polar surface area (TPSA) is 72.9 Å². The average molecular weight is 445 g/mol. The molecule has 0 aromatic heterocycles. The Morgan fingerprint density at radius 3 is 2.30 bits per heavy atom. The van der Waals surface area contributed by atoms with Crippen molar-refractivity contribution in [2.24, 2.45) is 0 Å². The third kappa shape index (κ3) is 6.38. The Bertz CT molecular complexity index is 962. The molecule has 0 aliphatic carbocycles. The van der Waals surface area contributed by atoms with Gasteiger partial charge in [-0.1, -0.05) is 37.3 Å². The van der Waals surface area contributed by atoms with Gasteiger partial charge in [0.25, 0.3) is 5.91 Å². The number of hydrogen-bond acceptors (Lipinski definition) is 5. The minimum Gasteiger partial charge on any atom is -0.493 e. The highest BCUT2D eigenvalue weighted by Gasteiger charge is 2.39. The summed E-state index contributed by atoms with van der Waals surface area (Å²) >= 11 is 0. The number of benzene rings is 2. The molecule has 6 nitrogen and oxygen atoms in total. The molecule has 1 amide bonds. The molecule has 0 unspecified atom stereocenters. The molecule has 2 aromatic rings. The molecule has 0 spiro atoms. The first-order valence-corrected chi connectivity index (χ1v) is 10.6. The van der Waals surface area contributed by atoms with Crippen LogP contribution in [0.4, 0.5) is 13.2 Å². The molecule has 0 saturated carbocycles. The fourth-order valence-electron chi connectivity index (χ4n) is 2.63. The number of sulfonamides is 1. The smallest absolute Gasteiger partial charge is 0.407 e. The van der Waals surface area contributed by atoms with Gasteiger partial charge in [-0.2, -0.15) is 13.2 Å². The zero-order chi connectivity index (χ0) is 22.4. The Morgan fingerprint density at radius 1 is 1.07 bits per heavy atom. The molecule has 0 N–H and O–H groups in total. The monoisotopic (exact) mass is 445 g/mol. The van der Waals surface area contributed by atoms with Gasteiger partial charge >= 0.3 is 6.18 Å². The van der Waals surface area contributed by atoms with Crippen LogP contribution in [0.2, 0.25) is 0 Å². The number of amides is 1. The highest BCUT2D eigenvalue weighted by Crippen LogP contribution is 2.30. The van der Waals surface area contributed by atoms with E-state index in [0.29, 0.717) is 0 Å². The summed E-state index contributed by atoms with van der Waals surface area (Å²) in [6.45, 7) is -0.285. The van der Waals surface area contributed by atoms with Gasteiger partial charge in [-0.15, -0.1) is 0 Å². The molecule has 0 saturated heterocycles. The minimum atomic E-state index is -4.88. The first-order chi connectivity index (χ1) is 14.1. The summed E-state index contributed by atoms with van der Waals surface area (Å²) in [6, 6.07) is 12.8. The Balaban J connectivity index is 2.36. The van der Waals surface area contributed by atoms with Crippen molar-refractivity contribution in [1.29, 1.82) is 0 Å². The van der Waals surface area contributed by atoms with Crippen LogP contribution in [-0.4, -0.2) is 44.2 Å². The molecule has 2 aromatic carbocycles. The van der Waals surface area contributed by atoms with E-state index >= 15 is 0 Å². The van der Waals surface area contributed by atoms with E-state index in [2.05, 4.69) is 0 Å². The highest BCUT2D eigenvalue weighted by molar-refractivity contribution is 7.89. The molecule has 0 atom stereocenters. The molecular formula is C20H22F3NO5S. The second-order valence-corrected chi connectivity index (χ2v) is 8.40. The second-order valence-electron chi connectivity index (χ2n) is 6.38. The van der Waals surface area contributed by atoms with E-state index in [1.54, 1.807) is 0 Å². The van der Waals surface area contributed by atoms with E-state index in [-0.39, 0.29) is 34.4 Å². The number of carbonyl (C=O) groups excluding carboxylic acids is 1. The quantitative estimate of drug-likeness (QED) is 0.583. The lowest BCUT2D eigenvalue weighted by molar-refractivity contribution is -0.132. The maximum absolute atomic E-state index is 13.0. The first-order valence-electron chi connectivity index (χ1n) is 9.03. The number of alkyl halides is 3. The fourth-order valence-corrected chi connectivity index (χ4v) is 4.07. The first kappa shape index (κ1) is 23.5. The summed E-state index contributed by atoms with van der Waals surface area (Å²) in [5, 5.41) is 0. The average Bonchev–Trinajstić information content (AvgIpc) is 2.69. The van der Waals surface area contributed by atoms with Gasteiger partial charge in [0, 0.05) is 5.56 Å². The van der Waals surface area contributed by atoms with Crippen LogP contribution in [0.1, 0.15) is 29.3 Å². The highest BCUT2D eigenvalue weighted by atomic mass is 32.2. The van der Waals surface area contributed by atoms with Gasteiger partial charge < -0.3 is 9.47 Å². The lowest BCUT2D eigenvalue weighted by atomic mass is 10.2. The van der Waals surface area contributed by atoms with E-state index in [9.17, 15) is 26.4 Å². The van der Waals surface area contributed by atoms with E-state index in [1.807, 2.05) is 30.3 Å². The van der Waals surface area contributed by atoms with Crippen molar-refractivity contribution in [3.63, 3.8) is 0 Å². The molecule has 30 heavy (non-hydrogen) atoms. The summed E-state index contributed by atoms with van der Waals surface area (Å²) in [7, 11) is -3.08. The standard InChI is InChI=1S/C20H22F3NO5S/c1-3-11-30(26,27)24(14-20(21,22)23)19(25)16-9-10-17(28-2)18(12-16)29-13-15-7-5-4-6-8-15/h4-10,12H,3,11,13-14H2,1-2H3. The van der Waals surface area contributed by atoms with Gasteiger partial charge in [-0.3, -0.25) is 4.79 Å². The number of nitrogens with zero attached hydrogens (tertiary/aromatic N) is 1. The largest absolute Gasteiger partial charge is 0.493 e. The molecule has 164 valence electrons. The molecular weight excluding hydrogens is 423 g/mol. The zero-order valence-corrected chi connectivity index (χ0v) is 17.3. The predicted molar refractivity (Wildman–Crippen MR) is 105 cm³/mol. The Hall–Kier alpha value is -2.75. The van der Waals surface area contributed by atoms with Crippen LogP contribution in [-0.2, 0) is 16.6 Å². The summed E-state index contributed by atoms with van der Waals surface area (Å²) in [6.07, 6.45) is -4.81. The summed E-state index contributed by atoms with van der Waals surface area (Å²) in [4.78, 5) is 12.7. The Morgan fingerprint density at radius 2 is 1.73 bits per heavy atom. The van der Waals surface area contributed by atoms with Gasteiger partial charge in [0.15, 0.2) is 11.5 Å². The molecule has 0 aliphatic heterocycles. The van der Waals surface area contributed by atoms with E-state index < -0.39 is 34.4 Å². The van der Waals surface area contributed by atoms with Crippen molar-refractivity contribution >= 4 is 15.9 Å². The number of halogens is 3. The van der Waals surface area contributed by atoms with Crippen LogP contribution in [0.3, 0.4) is 0 Å². The van der Waals surface area contributed by atoms with Crippen LogP contribution in [0.25, 0.3) is 0 Å². The molecule has 0 heterocycles. The molecule has 2 rings (SSSR count). The second kappa shape index (κ2) is 9.84.